The predicted octanol–water partition coefficient (Wildman–Crippen LogP) is 4.47. The zero-order valence-corrected chi connectivity index (χ0v) is 26.3. The molecule has 47 heavy (non-hydrogen) atoms. The zero-order chi connectivity index (χ0) is 32.5. The lowest BCUT2D eigenvalue weighted by atomic mass is 9.49. The Kier molecular flexibility index (Phi) is 8.55. The molecule has 10 heteroatoms. The lowest BCUT2D eigenvalue weighted by molar-refractivity contribution is -0.118. The summed E-state index contributed by atoms with van der Waals surface area (Å²) in [5.74, 6) is 0.921. The Balaban J connectivity index is 1.14. The summed E-state index contributed by atoms with van der Waals surface area (Å²) >= 11 is 0. The van der Waals surface area contributed by atoms with E-state index in [1.165, 1.54) is 25.6 Å². The molecule has 1 atom stereocenters. The monoisotopic (exact) mass is 635 g/mol. The predicted molar refractivity (Wildman–Crippen MR) is 177 cm³/mol. The summed E-state index contributed by atoms with van der Waals surface area (Å²) in [5, 5.41) is 28.3. The van der Waals surface area contributed by atoms with E-state index in [1.807, 2.05) is 30.3 Å². The number of aliphatic hydroxyl groups excluding tert-OH is 2. The van der Waals surface area contributed by atoms with Crippen LogP contribution in [0.3, 0.4) is 0 Å². The zero-order valence-electron chi connectivity index (χ0n) is 26.3. The van der Waals surface area contributed by atoms with Crippen LogP contribution in [0.15, 0.2) is 67.0 Å². The van der Waals surface area contributed by atoms with Crippen molar-refractivity contribution < 1.29 is 24.6 Å². The molecule has 1 aromatic heterocycles. The fourth-order valence-electron chi connectivity index (χ4n) is 8.77. The molecule has 0 spiro atoms. The summed E-state index contributed by atoms with van der Waals surface area (Å²) < 4.78 is 0. The summed E-state index contributed by atoms with van der Waals surface area (Å²) in [7, 11) is 0. The Hall–Kier alpha value is -4.54. The van der Waals surface area contributed by atoms with E-state index in [0.717, 1.165) is 42.6 Å². The number of nitrogens with one attached hydrogen (secondary N) is 4. The van der Waals surface area contributed by atoms with Gasteiger partial charge in [-0.15, -0.1) is 0 Å². The number of amides is 3. The number of H-pyrrole nitrogens is 1. The molecule has 3 amide bonds. The van der Waals surface area contributed by atoms with Gasteiger partial charge in [0.05, 0.1) is 41.7 Å². The van der Waals surface area contributed by atoms with Crippen LogP contribution in [-0.2, 0) is 24.4 Å². The highest BCUT2D eigenvalue weighted by molar-refractivity contribution is 6.11. The molecule has 1 heterocycles. The molecular weight excluding hydrogens is 594 g/mol. The van der Waals surface area contributed by atoms with Gasteiger partial charge in [-0.1, -0.05) is 36.4 Å². The number of carbonyl (C=O) groups excluding carboxylic acids is 3. The maximum absolute atomic E-state index is 14.0. The number of fused-ring (bicyclic) bond motifs is 1. The van der Waals surface area contributed by atoms with Gasteiger partial charge in [0.25, 0.3) is 11.8 Å². The van der Waals surface area contributed by atoms with Gasteiger partial charge in [-0.2, -0.15) is 0 Å². The lowest BCUT2D eigenvalue weighted by Crippen LogP contribution is -2.51. The Labute approximate surface area is 273 Å². The van der Waals surface area contributed by atoms with Gasteiger partial charge in [-0.25, -0.2) is 4.98 Å². The van der Waals surface area contributed by atoms with Crippen molar-refractivity contribution in [3.63, 3.8) is 0 Å². The van der Waals surface area contributed by atoms with Gasteiger partial charge in [0.1, 0.15) is 6.04 Å². The van der Waals surface area contributed by atoms with Crippen molar-refractivity contribution in [2.75, 3.05) is 11.9 Å². The average molecular weight is 636 g/mol. The number of carbonyl (C=O) groups is 3. The standard InChI is InChI=1S/C37H41N5O5/c43-18-26-9-27(19-44)11-28(10-26)41-36(47)33(12-22-4-2-1-3-5-22)42-35(46)30-14-32-31(39-21-40-32)13-29(30)34(45)38-20-37-15-23-6-24(16-37)8-25(7-23)17-37/h1-5,9-11,13-14,21,23-25,33,43-44H,6-8,12,15-20H2,(H,38,45)(H,39,40)(H,41,47)(H,42,46)/t23?,24?,25?,33-,37?/m0/s1. The molecule has 4 aliphatic carbocycles. The molecule has 4 bridgehead atoms. The van der Waals surface area contributed by atoms with Crippen molar-refractivity contribution in [3.8, 4) is 0 Å². The average Bonchev–Trinajstić information content (AvgIpc) is 3.54. The number of aromatic amines is 1. The van der Waals surface area contributed by atoms with E-state index < -0.39 is 17.9 Å². The number of anilines is 1. The van der Waals surface area contributed by atoms with Gasteiger partial charge in [-0.05, 0) is 103 Å². The molecule has 4 saturated carbocycles. The van der Waals surface area contributed by atoms with Crippen molar-refractivity contribution in [1.82, 2.24) is 20.6 Å². The van der Waals surface area contributed by atoms with Crippen molar-refractivity contribution in [3.05, 3.63) is 94.8 Å². The van der Waals surface area contributed by atoms with Crippen LogP contribution in [0.5, 0.6) is 0 Å². The van der Waals surface area contributed by atoms with Gasteiger partial charge < -0.3 is 31.1 Å². The smallest absolute Gasteiger partial charge is 0.252 e. The molecule has 6 N–H and O–H groups in total. The number of hydrogen-bond donors (Lipinski definition) is 6. The number of aliphatic hydroxyl groups is 2. The van der Waals surface area contributed by atoms with Crippen LogP contribution in [0.25, 0.3) is 11.0 Å². The number of benzene rings is 3. The van der Waals surface area contributed by atoms with E-state index in [9.17, 15) is 24.6 Å². The SMILES string of the molecule is O=C(NCC12CC3CC(CC(C3)C1)C2)c1cc2[nH]cnc2cc1C(=O)N[C@@H](Cc1ccccc1)C(=O)Nc1cc(CO)cc(CO)c1. The van der Waals surface area contributed by atoms with Crippen molar-refractivity contribution >= 4 is 34.4 Å². The van der Waals surface area contributed by atoms with Crippen LogP contribution in [0.1, 0.15) is 75.9 Å². The van der Waals surface area contributed by atoms with E-state index in [1.54, 1.807) is 30.3 Å². The normalized spacial score (nSPS) is 23.4. The fraction of sp³-hybridized carbons (Fsp3) is 0.405. The Morgan fingerprint density at radius 2 is 1.47 bits per heavy atom. The maximum atomic E-state index is 14.0. The minimum Gasteiger partial charge on any atom is -0.392 e. The molecule has 0 unspecified atom stereocenters. The van der Waals surface area contributed by atoms with E-state index >= 15 is 0 Å². The molecule has 10 nitrogen and oxygen atoms in total. The molecule has 0 radical (unpaired) electrons. The van der Waals surface area contributed by atoms with Crippen LogP contribution in [-0.4, -0.2) is 50.5 Å². The van der Waals surface area contributed by atoms with Gasteiger partial charge in [-0.3, -0.25) is 14.4 Å². The van der Waals surface area contributed by atoms with E-state index in [0.29, 0.717) is 34.4 Å². The second-order valence-corrected chi connectivity index (χ2v) is 14.0. The number of nitrogens with zero attached hydrogens (tertiary/aromatic N) is 1. The molecule has 8 rings (SSSR count). The topological polar surface area (TPSA) is 156 Å². The summed E-state index contributed by atoms with van der Waals surface area (Å²) in [5.41, 5.74) is 3.98. The molecule has 3 aromatic carbocycles. The number of imidazole rings is 1. The molecule has 4 aliphatic rings. The number of aromatic nitrogens is 2. The largest absolute Gasteiger partial charge is 0.392 e. The number of hydrogen-bond acceptors (Lipinski definition) is 6. The molecule has 0 saturated heterocycles. The number of rotatable bonds is 11. The highest BCUT2D eigenvalue weighted by Crippen LogP contribution is 2.59. The summed E-state index contributed by atoms with van der Waals surface area (Å²) in [6.45, 7) is 0.0771. The maximum Gasteiger partial charge on any atom is 0.252 e. The summed E-state index contributed by atoms with van der Waals surface area (Å²) in [6.07, 6.45) is 9.15. The minimum atomic E-state index is -1.00. The third-order valence-electron chi connectivity index (χ3n) is 10.4. The third-order valence-corrected chi connectivity index (χ3v) is 10.4. The van der Waals surface area contributed by atoms with Gasteiger partial charge in [0.2, 0.25) is 5.91 Å². The Morgan fingerprint density at radius 1 is 0.830 bits per heavy atom. The Morgan fingerprint density at radius 3 is 2.11 bits per heavy atom. The first kappa shape index (κ1) is 31.1. The molecule has 244 valence electrons. The van der Waals surface area contributed by atoms with E-state index in [2.05, 4.69) is 25.9 Å². The van der Waals surface area contributed by atoms with Gasteiger partial charge >= 0.3 is 0 Å². The van der Waals surface area contributed by atoms with Crippen LogP contribution < -0.4 is 16.0 Å². The molecule has 4 fully saturated rings. The summed E-state index contributed by atoms with van der Waals surface area (Å²) in [6, 6.07) is 16.5. The van der Waals surface area contributed by atoms with Crippen LogP contribution >= 0.6 is 0 Å². The minimum absolute atomic E-state index is 0.132. The second-order valence-electron chi connectivity index (χ2n) is 14.0. The van der Waals surface area contributed by atoms with Crippen LogP contribution in [0, 0.1) is 23.2 Å². The highest BCUT2D eigenvalue weighted by atomic mass is 16.3. The first-order chi connectivity index (χ1) is 22.8. The summed E-state index contributed by atoms with van der Waals surface area (Å²) in [4.78, 5) is 49.0. The van der Waals surface area contributed by atoms with E-state index in [-0.39, 0.29) is 42.1 Å². The quantitative estimate of drug-likeness (QED) is 0.143. The molecular formula is C37H41N5O5. The Bertz CT molecular complexity index is 1740. The fourth-order valence-corrected chi connectivity index (χ4v) is 8.77. The lowest BCUT2D eigenvalue weighted by Gasteiger charge is -2.56. The van der Waals surface area contributed by atoms with Crippen LogP contribution in [0.4, 0.5) is 5.69 Å². The van der Waals surface area contributed by atoms with Crippen LogP contribution in [0.2, 0.25) is 0 Å². The molecule has 0 aliphatic heterocycles. The van der Waals surface area contributed by atoms with Gasteiger partial charge in [0, 0.05) is 18.7 Å². The molecule has 4 aromatic rings. The van der Waals surface area contributed by atoms with Gasteiger partial charge in [0.15, 0.2) is 0 Å². The highest BCUT2D eigenvalue weighted by Gasteiger charge is 2.50. The van der Waals surface area contributed by atoms with Crippen molar-refractivity contribution in [2.24, 2.45) is 23.2 Å². The first-order valence-electron chi connectivity index (χ1n) is 16.6. The third kappa shape index (κ3) is 6.66. The van der Waals surface area contributed by atoms with E-state index in [4.69, 9.17) is 0 Å². The van der Waals surface area contributed by atoms with Crippen molar-refractivity contribution in [1.29, 1.82) is 0 Å². The second kappa shape index (κ2) is 12.9. The van der Waals surface area contributed by atoms with Crippen molar-refractivity contribution in [2.45, 2.75) is 64.2 Å². The first-order valence-corrected chi connectivity index (χ1v) is 16.6.